The molecule has 0 radical (unpaired) electrons. The van der Waals surface area contributed by atoms with Gasteiger partial charge in [0.25, 0.3) is 0 Å². The molecule has 0 unspecified atom stereocenters. The number of esters is 1. The first-order chi connectivity index (χ1) is 6.22. The predicted molar refractivity (Wildman–Crippen MR) is 47.0 cm³/mol. The van der Waals surface area contributed by atoms with Gasteiger partial charge in [-0.2, -0.15) is 0 Å². The summed E-state index contributed by atoms with van der Waals surface area (Å²) in [6, 6.07) is 6.52. The Morgan fingerprint density at radius 1 is 1.54 bits per heavy atom. The van der Waals surface area contributed by atoms with Gasteiger partial charge >= 0.3 is 5.97 Å². The number of phenolic OH excluding ortho intramolecular Hbond substituents is 1. The van der Waals surface area contributed by atoms with Crippen molar-refractivity contribution >= 4 is 5.97 Å². The van der Waals surface area contributed by atoms with E-state index in [-0.39, 0.29) is 18.9 Å². The van der Waals surface area contributed by atoms with Crippen molar-refractivity contribution in [2.24, 2.45) is 5.73 Å². The number of rotatable bonds is 3. The van der Waals surface area contributed by atoms with Crippen molar-refractivity contribution in [2.45, 2.75) is 6.61 Å². The Morgan fingerprint density at radius 3 is 2.92 bits per heavy atom. The molecule has 0 fully saturated rings. The van der Waals surface area contributed by atoms with Crippen molar-refractivity contribution in [2.75, 3.05) is 6.54 Å². The van der Waals surface area contributed by atoms with Gasteiger partial charge in [-0.05, 0) is 17.7 Å². The molecule has 4 nitrogen and oxygen atoms in total. The van der Waals surface area contributed by atoms with E-state index in [0.717, 1.165) is 5.56 Å². The van der Waals surface area contributed by atoms with Crippen LogP contribution in [0.2, 0.25) is 0 Å². The molecule has 13 heavy (non-hydrogen) atoms. The molecule has 0 aromatic heterocycles. The van der Waals surface area contributed by atoms with Crippen LogP contribution in [0.15, 0.2) is 24.3 Å². The van der Waals surface area contributed by atoms with Gasteiger partial charge in [-0.3, -0.25) is 4.79 Å². The molecule has 0 saturated heterocycles. The lowest BCUT2D eigenvalue weighted by Crippen LogP contribution is -2.16. The molecular formula is C9H11NO3. The third kappa shape index (κ3) is 3.13. The van der Waals surface area contributed by atoms with E-state index >= 15 is 0 Å². The zero-order valence-corrected chi connectivity index (χ0v) is 7.06. The van der Waals surface area contributed by atoms with Crippen molar-refractivity contribution in [1.29, 1.82) is 0 Å². The molecule has 3 N–H and O–H groups in total. The third-order valence-electron chi connectivity index (χ3n) is 1.48. The fourth-order valence-corrected chi connectivity index (χ4v) is 0.869. The van der Waals surface area contributed by atoms with Crippen LogP contribution in [0, 0.1) is 0 Å². The van der Waals surface area contributed by atoms with E-state index in [2.05, 4.69) is 0 Å². The lowest BCUT2D eigenvalue weighted by Gasteiger charge is -2.03. The van der Waals surface area contributed by atoms with Crippen molar-refractivity contribution in [3.05, 3.63) is 29.8 Å². The smallest absolute Gasteiger partial charge is 0.320 e. The Balaban J connectivity index is 2.50. The molecule has 0 saturated carbocycles. The van der Waals surface area contributed by atoms with Crippen LogP contribution in [0.4, 0.5) is 0 Å². The lowest BCUT2D eigenvalue weighted by atomic mass is 10.2. The van der Waals surface area contributed by atoms with Crippen LogP contribution in [-0.2, 0) is 16.1 Å². The van der Waals surface area contributed by atoms with E-state index in [9.17, 15) is 4.79 Å². The Morgan fingerprint density at radius 2 is 2.31 bits per heavy atom. The topological polar surface area (TPSA) is 72.6 Å². The van der Waals surface area contributed by atoms with E-state index in [1.165, 1.54) is 6.07 Å². The Bertz CT molecular complexity index is 299. The maximum atomic E-state index is 10.7. The molecule has 1 aromatic rings. The van der Waals surface area contributed by atoms with Crippen LogP contribution in [0.1, 0.15) is 5.56 Å². The quantitative estimate of drug-likeness (QED) is 0.662. The summed E-state index contributed by atoms with van der Waals surface area (Å²) >= 11 is 0. The van der Waals surface area contributed by atoms with E-state index < -0.39 is 5.97 Å². The molecule has 0 heterocycles. The largest absolute Gasteiger partial charge is 0.508 e. The van der Waals surface area contributed by atoms with Gasteiger partial charge in [0, 0.05) is 0 Å². The summed E-state index contributed by atoms with van der Waals surface area (Å²) in [4.78, 5) is 10.7. The van der Waals surface area contributed by atoms with Gasteiger partial charge in [0.1, 0.15) is 12.4 Å². The van der Waals surface area contributed by atoms with Gasteiger partial charge in [-0.15, -0.1) is 0 Å². The SMILES string of the molecule is NCC(=O)OCc1cccc(O)c1. The number of nitrogens with two attached hydrogens (primary N) is 1. The minimum absolute atomic E-state index is 0.126. The Labute approximate surface area is 75.9 Å². The fraction of sp³-hybridized carbons (Fsp3) is 0.222. The summed E-state index contributed by atoms with van der Waals surface area (Å²) in [7, 11) is 0. The average Bonchev–Trinajstić information content (AvgIpc) is 2.14. The summed E-state index contributed by atoms with van der Waals surface area (Å²) in [5.41, 5.74) is 5.78. The maximum absolute atomic E-state index is 10.7. The van der Waals surface area contributed by atoms with Gasteiger partial charge in [0.2, 0.25) is 0 Å². The number of carbonyl (C=O) groups is 1. The van der Waals surface area contributed by atoms with Crippen molar-refractivity contribution < 1.29 is 14.6 Å². The summed E-state index contributed by atoms with van der Waals surface area (Å²) in [5.74, 6) is -0.301. The molecular weight excluding hydrogens is 170 g/mol. The molecule has 0 amide bonds. The highest BCUT2D eigenvalue weighted by Gasteiger charge is 1.99. The van der Waals surface area contributed by atoms with Crippen LogP contribution in [0.25, 0.3) is 0 Å². The molecule has 70 valence electrons. The van der Waals surface area contributed by atoms with Gasteiger partial charge in [0.05, 0.1) is 6.54 Å². The van der Waals surface area contributed by atoms with Gasteiger partial charge < -0.3 is 15.6 Å². The van der Waals surface area contributed by atoms with E-state index in [4.69, 9.17) is 15.6 Å². The monoisotopic (exact) mass is 181 g/mol. The summed E-state index contributed by atoms with van der Waals surface area (Å²) in [6.45, 7) is 0.0171. The normalized spacial score (nSPS) is 9.62. The van der Waals surface area contributed by atoms with Crippen molar-refractivity contribution in [3.8, 4) is 5.75 Å². The highest BCUT2D eigenvalue weighted by atomic mass is 16.5. The van der Waals surface area contributed by atoms with Crippen LogP contribution in [0.5, 0.6) is 5.75 Å². The lowest BCUT2D eigenvalue weighted by molar-refractivity contribution is -0.143. The summed E-state index contributed by atoms with van der Waals surface area (Å²) in [5, 5.41) is 9.07. The number of hydrogen-bond acceptors (Lipinski definition) is 4. The molecule has 1 aromatic carbocycles. The number of benzene rings is 1. The van der Waals surface area contributed by atoms with E-state index in [1.807, 2.05) is 0 Å². The Hall–Kier alpha value is -1.55. The molecule has 0 spiro atoms. The number of phenols is 1. The molecule has 4 heteroatoms. The molecule has 0 bridgehead atoms. The third-order valence-corrected chi connectivity index (χ3v) is 1.48. The van der Waals surface area contributed by atoms with Crippen LogP contribution < -0.4 is 5.73 Å². The first kappa shape index (κ1) is 9.54. The minimum Gasteiger partial charge on any atom is -0.508 e. The molecule has 1 rings (SSSR count). The average molecular weight is 181 g/mol. The number of ether oxygens (including phenoxy) is 1. The van der Waals surface area contributed by atoms with Crippen LogP contribution in [0.3, 0.4) is 0 Å². The first-order valence-electron chi connectivity index (χ1n) is 3.86. The molecule has 0 aliphatic carbocycles. The zero-order valence-electron chi connectivity index (χ0n) is 7.06. The predicted octanol–water partition coefficient (Wildman–Crippen LogP) is 0.394. The summed E-state index contributed by atoms with van der Waals surface area (Å²) < 4.78 is 4.76. The second-order valence-corrected chi connectivity index (χ2v) is 2.53. The molecule has 0 aliphatic rings. The van der Waals surface area contributed by atoms with E-state index in [0.29, 0.717) is 0 Å². The second-order valence-electron chi connectivity index (χ2n) is 2.53. The van der Waals surface area contributed by atoms with Crippen LogP contribution >= 0.6 is 0 Å². The zero-order chi connectivity index (χ0) is 9.68. The number of carbonyl (C=O) groups excluding carboxylic acids is 1. The van der Waals surface area contributed by atoms with Gasteiger partial charge in [-0.1, -0.05) is 12.1 Å². The highest BCUT2D eigenvalue weighted by molar-refractivity contribution is 5.71. The van der Waals surface area contributed by atoms with Gasteiger partial charge in [0.15, 0.2) is 0 Å². The minimum atomic E-state index is -0.455. The van der Waals surface area contributed by atoms with Gasteiger partial charge in [-0.25, -0.2) is 0 Å². The highest BCUT2D eigenvalue weighted by Crippen LogP contribution is 2.11. The molecule has 0 aliphatic heterocycles. The standard InChI is InChI=1S/C9H11NO3/c10-5-9(12)13-6-7-2-1-3-8(11)4-7/h1-4,11H,5-6,10H2. The van der Waals surface area contributed by atoms with Crippen molar-refractivity contribution in [1.82, 2.24) is 0 Å². The van der Waals surface area contributed by atoms with Crippen molar-refractivity contribution in [3.63, 3.8) is 0 Å². The summed E-state index contributed by atoms with van der Waals surface area (Å²) in [6.07, 6.45) is 0. The maximum Gasteiger partial charge on any atom is 0.320 e. The first-order valence-corrected chi connectivity index (χ1v) is 3.86. The molecule has 0 atom stereocenters. The Kier molecular flexibility index (Phi) is 3.28. The van der Waals surface area contributed by atoms with Crippen LogP contribution in [-0.4, -0.2) is 17.6 Å². The van der Waals surface area contributed by atoms with E-state index in [1.54, 1.807) is 18.2 Å². The number of hydrogen-bond donors (Lipinski definition) is 2. The second kappa shape index (κ2) is 4.47. The number of aromatic hydroxyl groups is 1. The fourth-order valence-electron chi connectivity index (χ4n) is 0.869.